The number of primary amides is 1. The van der Waals surface area contributed by atoms with E-state index in [1.165, 1.54) is 6.07 Å². The molecule has 1 fully saturated rings. The number of piperidine rings is 1. The second kappa shape index (κ2) is 13.3. The second-order valence-electron chi connectivity index (χ2n) is 8.12. The van der Waals surface area contributed by atoms with Crippen molar-refractivity contribution in [1.82, 2.24) is 15.6 Å². The van der Waals surface area contributed by atoms with Gasteiger partial charge in [0.05, 0.1) is 12.5 Å². The number of pyridine rings is 1. The fourth-order valence-electron chi connectivity index (χ4n) is 4.00. The van der Waals surface area contributed by atoms with Gasteiger partial charge in [0.2, 0.25) is 5.91 Å². The Morgan fingerprint density at radius 1 is 1.30 bits per heavy atom. The lowest BCUT2D eigenvalue weighted by Crippen LogP contribution is -2.42. The number of anilines is 1. The lowest BCUT2D eigenvalue weighted by Gasteiger charge is -2.33. The standard InChI is InChI=1S/C24H33FN6O.HI/c1-3-27-24(29-12-10-18-8-9-21(25)14-17(18)2)30-15-19-6-4-11-28-23(19)31-13-5-7-20(16-31)22(26)32;/h4,6,8-9,11,14,20H,3,5,7,10,12-13,15-16H2,1-2H3,(H2,26,32)(H2,27,29,30);1H. The predicted molar refractivity (Wildman–Crippen MR) is 141 cm³/mol. The third-order valence-corrected chi connectivity index (χ3v) is 5.73. The average Bonchev–Trinajstić information content (AvgIpc) is 2.79. The van der Waals surface area contributed by atoms with Crippen molar-refractivity contribution >= 4 is 41.7 Å². The summed E-state index contributed by atoms with van der Waals surface area (Å²) in [4.78, 5) is 23.1. The Morgan fingerprint density at radius 3 is 2.85 bits per heavy atom. The summed E-state index contributed by atoms with van der Waals surface area (Å²) in [5.74, 6) is 0.976. The first-order valence-electron chi connectivity index (χ1n) is 11.2. The van der Waals surface area contributed by atoms with Crippen LogP contribution in [0.1, 0.15) is 36.5 Å². The first kappa shape index (κ1) is 26.8. The number of hydrogen-bond acceptors (Lipinski definition) is 4. The number of rotatable bonds is 8. The first-order chi connectivity index (χ1) is 15.5. The number of benzene rings is 1. The molecule has 0 spiro atoms. The zero-order valence-corrected chi connectivity index (χ0v) is 21.6. The lowest BCUT2D eigenvalue weighted by atomic mass is 9.97. The fraction of sp³-hybridized carbons (Fsp3) is 0.458. The number of hydrogen-bond donors (Lipinski definition) is 3. The van der Waals surface area contributed by atoms with Gasteiger partial charge in [-0.15, -0.1) is 24.0 Å². The van der Waals surface area contributed by atoms with E-state index in [9.17, 15) is 9.18 Å². The van der Waals surface area contributed by atoms with E-state index in [0.29, 0.717) is 19.6 Å². The molecule has 1 aromatic heterocycles. The van der Waals surface area contributed by atoms with E-state index in [-0.39, 0.29) is 41.6 Å². The molecule has 0 bridgehead atoms. The molecule has 1 aliphatic rings. The van der Waals surface area contributed by atoms with Crippen LogP contribution in [0, 0.1) is 18.7 Å². The maximum absolute atomic E-state index is 13.3. The molecule has 3 rings (SSSR count). The number of aryl methyl sites for hydroxylation is 1. The molecule has 2 heterocycles. The second-order valence-corrected chi connectivity index (χ2v) is 8.12. The van der Waals surface area contributed by atoms with E-state index in [1.807, 2.05) is 32.0 Å². The summed E-state index contributed by atoms with van der Waals surface area (Å²) in [5.41, 5.74) is 8.60. The highest BCUT2D eigenvalue weighted by Crippen LogP contribution is 2.25. The van der Waals surface area contributed by atoms with E-state index in [0.717, 1.165) is 60.8 Å². The van der Waals surface area contributed by atoms with E-state index in [2.05, 4.69) is 20.5 Å². The smallest absolute Gasteiger partial charge is 0.222 e. The van der Waals surface area contributed by atoms with Crippen LogP contribution in [0.4, 0.5) is 10.2 Å². The average molecular weight is 568 g/mol. The van der Waals surface area contributed by atoms with Crippen LogP contribution < -0.4 is 21.3 Å². The minimum atomic E-state index is -0.250. The van der Waals surface area contributed by atoms with E-state index in [4.69, 9.17) is 10.7 Å². The Kier molecular flexibility index (Phi) is 10.8. The fourth-order valence-corrected chi connectivity index (χ4v) is 4.00. The van der Waals surface area contributed by atoms with Gasteiger partial charge in [-0.05, 0) is 62.4 Å². The monoisotopic (exact) mass is 568 g/mol. The summed E-state index contributed by atoms with van der Waals surface area (Å²) in [5, 5.41) is 6.62. The zero-order valence-electron chi connectivity index (χ0n) is 19.3. The number of nitrogens with two attached hydrogens (primary N) is 1. The molecule has 1 aromatic carbocycles. The molecule has 0 aliphatic carbocycles. The van der Waals surface area contributed by atoms with Crippen molar-refractivity contribution in [3.63, 3.8) is 0 Å². The number of carbonyl (C=O) groups excluding carboxylic acids is 1. The van der Waals surface area contributed by atoms with Crippen LogP contribution in [0.15, 0.2) is 41.5 Å². The van der Waals surface area contributed by atoms with Gasteiger partial charge >= 0.3 is 0 Å². The number of aromatic nitrogens is 1. The van der Waals surface area contributed by atoms with Gasteiger partial charge in [0.1, 0.15) is 11.6 Å². The zero-order chi connectivity index (χ0) is 22.9. The Hall–Kier alpha value is -2.43. The van der Waals surface area contributed by atoms with Gasteiger partial charge in [-0.3, -0.25) is 4.79 Å². The van der Waals surface area contributed by atoms with Crippen LogP contribution in [-0.2, 0) is 17.8 Å². The summed E-state index contributed by atoms with van der Waals surface area (Å²) in [7, 11) is 0. The summed E-state index contributed by atoms with van der Waals surface area (Å²) < 4.78 is 13.3. The third-order valence-electron chi connectivity index (χ3n) is 5.73. The van der Waals surface area contributed by atoms with Gasteiger partial charge in [-0.2, -0.15) is 0 Å². The highest BCUT2D eigenvalue weighted by atomic mass is 127. The number of carbonyl (C=O) groups is 1. The molecule has 1 saturated heterocycles. The van der Waals surface area contributed by atoms with Crippen LogP contribution in [0.2, 0.25) is 0 Å². The van der Waals surface area contributed by atoms with Gasteiger partial charge in [0.25, 0.3) is 0 Å². The van der Waals surface area contributed by atoms with Crippen LogP contribution in [0.5, 0.6) is 0 Å². The van der Waals surface area contributed by atoms with Crippen molar-refractivity contribution in [3.8, 4) is 0 Å². The maximum Gasteiger partial charge on any atom is 0.222 e. The molecule has 0 radical (unpaired) electrons. The van der Waals surface area contributed by atoms with E-state index >= 15 is 0 Å². The molecule has 1 aliphatic heterocycles. The molecular formula is C24H34FIN6O. The molecule has 180 valence electrons. The van der Waals surface area contributed by atoms with Gasteiger partial charge in [-0.25, -0.2) is 14.4 Å². The van der Waals surface area contributed by atoms with Gasteiger partial charge in [0.15, 0.2) is 5.96 Å². The highest BCUT2D eigenvalue weighted by Gasteiger charge is 2.25. The van der Waals surface area contributed by atoms with Crippen LogP contribution in [0.3, 0.4) is 0 Å². The van der Waals surface area contributed by atoms with Crippen LogP contribution in [-0.4, -0.2) is 43.0 Å². The Balaban J connectivity index is 0.00000385. The normalized spacial score (nSPS) is 16.2. The molecule has 2 aromatic rings. The Morgan fingerprint density at radius 2 is 2.12 bits per heavy atom. The van der Waals surface area contributed by atoms with Crippen molar-refractivity contribution < 1.29 is 9.18 Å². The highest BCUT2D eigenvalue weighted by molar-refractivity contribution is 14.0. The minimum absolute atomic E-state index is 0. The SMILES string of the molecule is CCNC(=NCc1cccnc1N1CCCC(C(N)=O)C1)NCCc1ccc(F)cc1C.I. The number of amides is 1. The van der Waals surface area contributed by atoms with Gasteiger partial charge < -0.3 is 21.3 Å². The molecule has 1 unspecified atom stereocenters. The molecule has 1 atom stereocenters. The Labute approximate surface area is 212 Å². The number of nitrogens with zero attached hydrogens (tertiary/aromatic N) is 3. The first-order valence-corrected chi connectivity index (χ1v) is 11.2. The topological polar surface area (TPSA) is 95.6 Å². The van der Waals surface area contributed by atoms with Crippen LogP contribution in [0.25, 0.3) is 0 Å². The van der Waals surface area contributed by atoms with Gasteiger partial charge in [-0.1, -0.05) is 12.1 Å². The molecule has 33 heavy (non-hydrogen) atoms. The number of guanidine groups is 1. The van der Waals surface area contributed by atoms with Crippen LogP contribution >= 0.6 is 24.0 Å². The molecule has 4 N–H and O–H groups in total. The number of halogens is 2. The van der Waals surface area contributed by atoms with Crippen molar-refractivity contribution in [1.29, 1.82) is 0 Å². The summed E-state index contributed by atoms with van der Waals surface area (Å²) in [6, 6.07) is 8.81. The van der Waals surface area contributed by atoms with E-state index < -0.39 is 0 Å². The third kappa shape index (κ3) is 7.83. The molecule has 9 heteroatoms. The van der Waals surface area contributed by atoms with Crippen molar-refractivity contribution in [2.45, 2.75) is 39.7 Å². The molecule has 1 amide bonds. The van der Waals surface area contributed by atoms with Crippen molar-refractivity contribution in [2.24, 2.45) is 16.6 Å². The summed E-state index contributed by atoms with van der Waals surface area (Å²) >= 11 is 0. The molecular weight excluding hydrogens is 534 g/mol. The number of nitrogens with one attached hydrogen (secondary N) is 2. The summed E-state index contributed by atoms with van der Waals surface area (Å²) in [6.07, 6.45) is 4.29. The van der Waals surface area contributed by atoms with E-state index in [1.54, 1.807) is 12.3 Å². The largest absolute Gasteiger partial charge is 0.369 e. The van der Waals surface area contributed by atoms with Gasteiger partial charge in [0, 0.05) is 37.9 Å². The molecule has 7 nitrogen and oxygen atoms in total. The van der Waals surface area contributed by atoms with Crippen molar-refractivity contribution in [3.05, 3.63) is 59.0 Å². The van der Waals surface area contributed by atoms with Crippen molar-refractivity contribution in [2.75, 3.05) is 31.1 Å². The predicted octanol–water partition coefficient (Wildman–Crippen LogP) is 3.15. The maximum atomic E-state index is 13.3. The quantitative estimate of drug-likeness (QED) is 0.259. The molecule has 0 saturated carbocycles. The Bertz CT molecular complexity index is 954. The summed E-state index contributed by atoms with van der Waals surface area (Å²) in [6.45, 7) is 7.29. The number of aliphatic imine (C=N–C) groups is 1. The minimum Gasteiger partial charge on any atom is -0.369 e. The lowest BCUT2D eigenvalue weighted by molar-refractivity contribution is -0.122.